The third-order valence-electron chi connectivity index (χ3n) is 4.32. The molecule has 3 heterocycles. The van der Waals surface area contributed by atoms with E-state index in [1.165, 1.54) is 23.5 Å². The van der Waals surface area contributed by atoms with Gasteiger partial charge in [0, 0.05) is 30.4 Å². The van der Waals surface area contributed by atoms with Crippen LogP contribution in [0.25, 0.3) is 10.1 Å². The molecule has 0 bridgehead atoms. The lowest BCUT2D eigenvalue weighted by Gasteiger charge is -2.16. The minimum atomic E-state index is -0.318. The fraction of sp³-hybridized carbons (Fsp3) is 0.211. The number of pyridine rings is 1. The molecule has 0 saturated carbocycles. The normalized spacial score (nSPS) is 14.2. The zero-order chi connectivity index (χ0) is 18.1. The fourth-order valence-corrected chi connectivity index (χ4v) is 3.99. The number of benzene rings is 1. The van der Waals surface area contributed by atoms with Crippen molar-refractivity contribution in [2.24, 2.45) is 0 Å². The molecule has 2 aromatic heterocycles. The minimum Gasteiger partial charge on any atom is -0.347 e. The Labute approximate surface area is 153 Å². The van der Waals surface area contributed by atoms with E-state index in [4.69, 9.17) is 0 Å². The molecule has 0 radical (unpaired) electrons. The Morgan fingerprint density at radius 3 is 2.96 bits per heavy atom. The Kier molecular flexibility index (Phi) is 4.38. The van der Waals surface area contributed by atoms with Gasteiger partial charge in [-0.2, -0.15) is 0 Å². The number of carbonyl (C=O) groups is 2. The summed E-state index contributed by atoms with van der Waals surface area (Å²) < 4.78 is 14.1. The van der Waals surface area contributed by atoms with Crippen molar-refractivity contribution in [2.45, 2.75) is 19.4 Å². The van der Waals surface area contributed by atoms with E-state index >= 15 is 0 Å². The van der Waals surface area contributed by atoms with Gasteiger partial charge in [0.1, 0.15) is 5.82 Å². The van der Waals surface area contributed by atoms with E-state index in [0.29, 0.717) is 24.4 Å². The lowest BCUT2D eigenvalue weighted by molar-refractivity contribution is -0.117. The van der Waals surface area contributed by atoms with Crippen LogP contribution < -0.4 is 10.2 Å². The van der Waals surface area contributed by atoms with Gasteiger partial charge in [-0.1, -0.05) is 0 Å². The number of carbonyl (C=O) groups excluding carboxylic acids is 2. The average Bonchev–Trinajstić information content (AvgIpc) is 3.25. The first-order chi connectivity index (χ1) is 12.6. The van der Waals surface area contributed by atoms with Gasteiger partial charge in [0.25, 0.3) is 5.91 Å². The van der Waals surface area contributed by atoms with Gasteiger partial charge >= 0.3 is 0 Å². The van der Waals surface area contributed by atoms with Gasteiger partial charge in [-0.05, 0) is 47.7 Å². The van der Waals surface area contributed by atoms with Crippen molar-refractivity contribution in [1.82, 2.24) is 10.3 Å². The number of halogens is 1. The molecular formula is C19H16FN3O2S. The molecule has 26 heavy (non-hydrogen) atoms. The number of rotatable bonds is 4. The van der Waals surface area contributed by atoms with Crippen molar-refractivity contribution in [3.05, 3.63) is 59.0 Å². The summed E-state index contributed by atoms with van der Waals surface area (Å²) in [4.78, 5) is 30.7. The molecule has 2 amide bonds. The minimum absolute atomic E-state index is 0.102. The van der Waals surface area contributed by atoms with Crippen molar-refractivity contribution in [2.75, 3.05) is 11.4 Å². The summed E-state index contributed by atoms with van der Waals surface area (Å²) in [5, 5.41) is 3.57. The van der Waals surface area contributed by atoms with Gasteiger partial charge in [-0.15, -0.1) is 11.3 Å². The second kappa shape index (κ2) is 6.84. The topological polar surface area (TPSA) is 62.3 Å². The van der Waals surface area contributed by atoms with Gasteiger partial charge in [-0.25, -0.2) is 4.39 Å². The summed E-state index contributed by atoms with van der Waals surface area (Å²) in [6.45, 7) is 1.01. The van der Waals surface area contributed by atoms with Gasteiger partial charge < -0.3 is 10.2 Å². The van der Waals surface area contributed by atoms with E-state index in [0.717, 1.165) is 27.8 Å². The first kappa shape index (κ1) is 16.7. The van der Waals surface area contributed by atoms with Crippen LogP contribution in [0.1, 0.15) is 28.1 Å². The lowest BCUT2D eigenvalue weighted by atomic mass is 10.2. The van der Waals surface area contributed by atoms with Crippen molar-refractivity contribution < 1.29 is 14.0 Å². The van der Waals surface area contributed by atoms with E-state index in [1.807, 2.05) is 6.07 Å². The SMILES string of the molecule is O=C(NCc1cncc(N2CCCC2=O)c1)c1cc2cc(F)ccc2s1. The standard InChI is InChI=1S/C19H16FN3O2S/c20-14-3-4-16-13(7-14)8-17(26-16)19(25)22-10-12-6-15(11-21-9-12)23-5-1-2-18(23)24/h3-4,6-9,11H,1-2,5,10H2,(H,22,25). The molecule has 0 aliphatic carbocycles. The molecule has 1 fully saturated rings. The van der Waals surface area contributed by atoms with Gasteiger partial charge in [-0.3, -0.25) is 14.6 Å². The third-order valence-corrected chi connectivity index (χ3v) is 5.44. The molecule has 0 atom stereocenters. The van der Waals surface area contributed by atoms with Crippen LogP contribution in [0.3, 0.4) is 0 Å². The molecule has 1 N–H and O–H groups in total. The Morgan fingerprint density at radius 1 is 1.27 bits per heavy atom. The van der Waals surface area contributed by atoms with Crippen molar-refractivity contribution in [1.29, 1.82) is 0 Å². The maximum absolute atomic E-state index is 13.3. The van der Waals surface area contributed by atoms with E-state index in [9.17, 15) is 14.0 Å². The molecule has 7 heteroatoms. The summed E-state index contributed by atoms with van der Waals surface area (Å²) in [5.41, 5.74) is 1.58. The van der Waals surface area contributed by atoms with Crippen LogP contribution in [0, 0.1) is 5.82 Å². The predicted molar refractivity (Wildman–Crippen MR) is 98.8 cm³/mol. The van der Waals surface area contributed by atoms with E-state index in [2.05, 4.69) is 10.3 Å². The molecule has 3 aromatic rings. The number of thiophene rings is 1. The maximum Gasteiger partial charge on any atom is 0.261 e. The molecule has 5 nitrogen and oxygen atoms in total. The zero-order valence-electron chi connectivity index (χ0n) is 13.9. The van der Waals surface area contributed by atoms with Crippen LogP contribution in [-0.2, 0) is 11.3 Å². The van der Waals surface area contributed by atoms with Crippen LogP contribution in [-0.4, -0.2) is 23.3 Å². The molecule has 1 aromatic carbocycles. The van der Waals surface area contributed by atoms with Crippen molar-refractivity contribution in [3.8, 4) is 0 Å². The highest BCUT2D eigenvalue weighted by Gasteiger charge is 2.22. The fourth-order valence-electron chi connectivity index (χ4n) is 3.03. The number of hydrogen-bond donors (Lipinski definition) is 1. The highest BCUT2D eigenvalue weighted by molar-refractivity contribution is 7.20. The van der Waals surface area contributed by atoms with E-state index < -0.39 is 0 Å². The monoisotopic (exact) mass is 369 g/mol. The van der Waals surface area contributed by atoms with Crippen LogP contribution in [0.2, 0.25) is 0 Å². The summed E-state index contributed by atoms with van der Waals surface area (Å²) in [6.07, 6.45) is 4.75. The maximum atomic E-state index is 13.3. The largest absolute Gasteiger partial charge is 0.347 e. The zero-order valence-corrected chi connectivity index (χ0v) is 14.7. The first-order valence-corrected chi connectivity index (χ1v) is 9.13. The summed E-state index contributed by atoms with van der Waals surface area (Å²) in [5.74, 6) is -0.429. The van der Waals surface area contributed by atoms with Crippen LogP contribution in [0.4, 0.5) is 10.1 Å². The Balaban J connectivity index is 1.46. The Hall–Kier alpha value is -2.80. The first-order valence-electron chi connectivity index (χ1n) is 8.32. The number of anilines is 1. The van der Waals surface area contributed by atoms with Crippen molar-refractivity contribution in [3.63, 3.8) is 0 Å². The second-order valence-electron chi connectivity index (χ2n) is 6.18. The average molecular weight is 369 g/mol. The van der Waals surface area contributed by atoms with Gasteiger partial charge in [0.15, 0.2) is 0 Å². The quantitative estimate of drug-likeness (QED) is 0.766. The molecule has 1 aliphatic heterocycles. The number of fused-ring (bicyclic) bond motifs is 1. The summed E-state index contributed by atoms with van der Waals surface area (Å²) >= 11 is 1.33. The van der Waals surface area contributed by atoms with Crippen LogP contribution in [0.15, 0.2) is 42.7 Å². The summed E-state index contributed by atoms with van der Waals surface area (Å²) in [6, 6.07) is 8.04. The lowest BCUT2D eigenvalue weighted by Crippen LogP contribution is -2.25. The molecule has 0 spiro atoms. The third kappa shape index (κ3) is 3.30. The van der Waals surface area contributed by atoms with E-state index in [-0.39, 0.29) is 17.6 Å². The number of amides is 2. The number of nitrogens with one attached hydrogen (secondary N) is 1. The highest BCUT2D eigenvalue weighted by atomic mass is 32.1. The van der Waals surface area contributed by atoms with Gasteiger partial charge in [0.2, 0.25) is 5.91 Å². The highest BCUT2D eigenvalue weighted by Crippen LogP contribution is 2.26. The number of aromatic nitrogens is 1. The Bertz CT molecular complexity index is 1000. The Morgan fingerprint density at radius 2 is 2.15 bits per heavy atom. The predicted octanol–water partition coefficient (Wildman–Crippen LogP) is 3.49. The van der Waals surface area contributed by atoms with E-state index in [1.54, 1.807) is 29.4 Å². The molecule has 4 rings (SSSR count). The van der Waals surface area contributed by atoms with Crippen LogP contribution >= 0.6 is 11.3 Å². The number of nitrogens with zero attached hydrogens (tertiary/aromatic N) is 2. The number of hydrogen-bond acceptors (Lipinski definition) is 4. The molecular weight excluding hydrogens is 353 g/mol. The van der Waals surface area contributed by atoms with Crippen molar-refractivity contribution >= 4 is 38.9 Å². The molecule has 132 valence electrons. The molecule has 1 aliphatic rings. The smallest absolute Gasteiger partial charge is 0.261 e. The molecule has 0 unspecified atom stereocenters. The molecule has 1 saturated heterocycles. The van der Waals surface area contributed by atoms with Crippen LogP contribution in [0.5, 0.6) is 0 Å². The summed E-state index contributed by atoms with van der Waals surface area (Å²) in [7, 11) is 0. The van der Waals surface area contributed by atoms with Gasteiger partial charge in [0.05, 0.1) is 16.8 Å². The second-order valence-corrected chi connectivity index (χ2v) is 7.26.